The van der Waals surface area contributed by atoms with Crippen LogP contribution in [0.1, 0.15) is 23.7 Å². The molecule has 0 aliphatic heterocycles. The van der Waals surface area contributed by atoms with E-state index in [1.54, 1.807) is 0 Å². The molecule has 0 saturated carbocycles. The van der Waals surface area contributed by atoms with Crippen LogP contribution in [0.2, 0.25) is 10.0 Å². The molecule has 0 aliphatic rings. The molecule has 0 spiro atoms. The third-order valence-corrected chi connectivity index (χ3v) is 2.86. The summed E-state index contributed by atoms with van der Waals surface area (Å²) in [4.78, 5) is 22.4. The lowest BCUT2D eigenvalue weighted by molar-refractivity contribution is -0.115. The highest BCUT2D eigenvalue weighted by molar-refractivity contribution is 6.40. The number of anilines is 1. The number of halogens is 2. The van der Waals surface area contributed by atoms with Crippen molar-refractivity contribution in [3.63, 3.8) is 0 Å². The van der Waals surface area contributed by atoms with E-state index in [0.717, 1.165) is 13.0 Å². The fraction of sp³-hybridized carbons (Fsp3) is 0.333. The van der Waals surface area contributed by atoms with E-state index >= 15 is 0 Å². The van der Waals surface area contributed by atoms with Gasteiger partial charge in [0.05, 0.1) is 27.8 Å². The Morgan fingerprint density at radius 2 is 1.84 bits per heavy atom. The van der Waals surface area contributed by atoms with Crippen molar-refractivity contribution in [2.24, 2.45) is 0 Å². The standard InChI is InChI=1S/C12H14Cl2N2O3/c1-2-3-15-6-10(17)16-11-8(13)4-7(12(18)19)5-9(11)14/h4-5,15H,2-3,6H2,1H3,(H,16,17)(H,18,19). The van der Waals surface area contributed by atoms with Gasteiger partial charge in [0.15, 0.2) is 0 Å². The second kappa shape index (κ2) is 7.33. The van der Waals surface area contributed by atoms with E-state index in [4.69, 9.17) is 28.3 Å². The number of amides is 1. The summed E-state index contributed by atoms with van der Waals surface area (Å²) in [6, 6.07) is 2.48. The maximum Gasteiger partial charge on any atom is 0.335 e. The van der Waals surface area contributed by atoms with Gasteiger partial charge in [-0.15, -0.1) is 0 Å². The Balaban J connectivity index is 2.79. The van der Waals surface area contributed by atoms with E-state index in [2.05, 4.69) is 10.6 Å². The first kappa shape index (κ1) is 15.8. The van der Waals surface area contributed by atoms with Crippen LogP contribution in [0.15, 0.2) is 12.1 Å². The first-order valence-corrected chi connectivity index (χ1v) is 6.44. The molecular weight excluding hydrogens is 291 g/mol. The SMILES string of the molecule is CCCNCC(=O)Nc1c(Cl)cc(C(=O)O)cc1Cl. The molecular formula is C12H14Cl2N2O3. The van der Waals surface area contributed by atoms with Gasteiger partial charge in [-0.05, 0) is 25.1 Å². The van der Waals surface area contributed by atoms with Crippen LogP contribution in [0.3, 0.4) is 0 Å². The molecule has 0 aliphatic carbocycles. The number of carboxylic acid groups (broad SMARTS) is 1. The van der Waals surface area contributed by atoms with Crippen LogP contribution in [0.25, 0.3) is 0 Å². The van der Waals surface area contributed by atoms with Gasteiger partial charge in [0.2, 0.25) is 5.91 Å². The van der Waals surface area contributed by atoms with E-state index in [-0.39, 0.29) is 33.7 Å². The lowest BCUT2D eigenvalue weighted by atomic mass is 10.2. The minimum atomic E-state index is -1.13. The van der Waals surface area contributed by atoms with Crippen LogP contribution in [-0.4, -0.2) is 30.1 Å². The number of carbonyl (C=O) groups is 2. The van der Waals surface area contributed by atoms with Crippen molar-refractivity contribution >= 4 is 40.8 Å². The van der Waals surface area contributed by atoms with Gasteiger partial charge >= 0.3 is 5.97 Å². The smallest absolute Gasteiger partial charge is 0.335 e. The average molecular weight is 305 g/mol. The van der Waals surface area contributed by atoms with Crippen LogP contribution in [0, 0.1) is 0 Å². The average Bonchev–Trinajstić information content (AvgIpc) is 2.33. The van der Waals surface area contributed by atoms with E-state index in [0.29, 0.717) is 0 Å². The molecule has 0 saturated heterocycles. The fourth-order valence-electron chi connectivity index (χ4n) is 1.38. The molecule has 0 radical (unpaired) electrons. The van der Waals surface area contributed by atoms with Gasteiger partial charge in [-0.3, -0.25) is 4.79 Å². The minimum absolute atomic E-state index is 0.0305. The van der Waals surface area contributed by atoms with Crippen LogP contribution >= 0.6 is 23.2 Å². The molecule has 3 N–H and O–H groups in total. The third-order valence-electron chi connectivity index (χ3n) is 2.27. The Hall–Kier alpha value is -1.30. The number of nitrogens with one attached hydrogen (secondary N) is 2. The summed E-state index contributed by atoms with van der Waals surface area (Å²) < 4.78 is 0. The lowest BCUT2D eigenvalue weighted by Crippen LogP contribution is -2.28. The predicted molar refractivity (Wildman–Crippen MR) is 75.2 cm³/mol. The number of hydrogen-bond donors (Lipinski definition) is 3. The summed E-state index contributed by atoms with van der Waals surface area (Å²) in [7, 11) is 0. The highest BCUT2D eigenvalue weighted by Gasteiger charge is 2.14. The van der Waals surface area contributed by atoms with Crippen LogP contribution in [0.4, 0.5) is 5.69 Å². The second-order valence-electron chi connectivity index (χ2n) is 3.84. The maximum absolute atomic E-state index is 11.6. The van der Waals surface area contributed by atoms with Crippen molar-refractivity contribution in [1.82, 2.24) is 5.32 Å². The van der Waals surface area contributed by atoms with E-state index < -0.39 is 5.97 Å². The maximum atomic E-state index is 11.6. The highest BCUT2D eigenvalue weighted by atomic mass is 35.5. The van der Waals surface area contributed by atoms with E-state index in [1.807, 2.05) is 6.92 Å². The van der Waals surface area contributed by atoms with Crippen LogP contribution < -0.4 is 10.6 Å². The van der Waals surface area contributed by atoms with E-state index in [1.165, 1.54) is 12.1 Å². The second-order valence-corrected chi connectivity index (χ2v) is 4.66. The van der Waals surface area contributed by atoms with Crippen molar-refractivity contribution < 1.29 is 14.7 Å². The lowest BCUT2D eigenvalue weighted by Gasteiger charge is -2.10. The van der Waals surface area contributed by atoms with Gasteiger partial charge in [0.1, 0.15) is 0 Å². The third kappa shape index (κ3) is 4.70. The Bertz CT molecular complexity index is 469. The van der Waals surface area contributed by atoms with Gasteiger partial charge in [-0.2, -0.15) is 0 Å². The van der Waals surface area contributed by atoms with Gasteiger partial charge in [0, 0.05) is 0 Å². The highest BCUT2D eigenvalue weighted by Crippen LogP contribution is 2.31. The molecule has 7 heteroatoms. The molecule has 1 rings (SSSR count). The van der Waals surface area contributed by atoms with E-state index in [9.17, 15) is 9.59 Å². The molecule has 1 aromatic carbocycles. The molecule has 1 aromatic rings. The monoisotopic (exact) mass is 304 g/mol. The molecule has 0 atom stereocenters. The van der Waals surface area contributed by atoms with Crippen molar-refractivity contribution in [2.75, 3.05) is 18.4 Å². The zero-order valence-electron chi connectivity index (χ0n) is 10.3. The largest absolute Gasteiger partial charge is 0.478 e. The fourth-order valence-corrected chi connectivity index (χ4v) is 1.96. The predicted octanol–water partition coefficient (Wildman–Crippen LogP) is 2.63. The molecule has 104 valence electrons. The Morgan fingerprint density at radius 1 is 1.26 bits per heavy atom. The number of aromatic carboxylic acids is 1. The molecule has 0 bridgehead atoms. The topological polar surface area (TPSA) is 78.4 Å². The molecule has 0 unspecified atom stereocenters. The van der Waals surface area contributed by atoms with Gasteiger partial charge in [-0.1, -0.05) is 30.1 Å². The number of hydrogen-bond acceptors (Lipinski definition) is 3. The molecule has 19 heavy (non-hydrogen) atoms. The number of carboxylic acids is 1. The number of benzene rings is 1. The van der Waals surface area contributed by atoms with Crippen molar-refractivity contribution in [1.29, 1.82) is 0 Å². The molecule has 1 amide bonds. The number of rotatable bonds is 6. The Kier molecular flexibility index (Phi) is 6.08. The molecule has 5 nitrogen and oxygen atoms in total. The Morgan fingerprint density at radius 3 is 2.32 bits per heavy atom. The summed E-state index contributed by atoms with van der Waals surface area (Å²) in [5.74, 6) is -1.42. The Labute approximate surface area is 120 Å². The molecule has 0 aromatic heterocycles. The summed E-state index contributed by atoms with van der Waals surface area (Å²) in [5, 5.41) is 14.5. The molecule has 0 heterocycles. The first-order valence-electron chi connectivity index (χ1n) is 5.68. The normalized spacial score (nSPS) is 10.3. The zero-order valence-corrected chi connectivity index (χ0v) is 11.8. The quantitative estimate of drug-likeness (QED) is 0.706. The van der Waals surface area contributed by atoms with Crippen molar-refractivity contribution in [2.45, 2.75) is 13.3 Å². The molecule has 0 fully saturated rings. The van der Waals surface area contributed by atoms with Crippen LogP contribution in [0.5, 0.6) is 0 Å². The van der Waals surface area contributed by atoms with Crippen molar-refractivity contribution in [3.8, 4) is 0 Å². The first-order chi connectivity index (χ1) is 8.95. The minimum Gasteiger partial charge on any atom is -0.478 e. The van der Waals surface area contributed by atoms with Gasteiger partial charge in [0.25, 0.3) is 0 Å². The van der Waals surface area contributed by atoms with Gasteiger partial charge < -0.3 is 15.7 Å². The number of carbonyl (C=O) groups excluding carboxylic acids is 1. The summed E-state index contributed by atoms with van der Waals surface area (Å²) >= 11 is 11.8. The van der Waals surface area contributed by atoms with Gasteiger partial charge in [-0.25, -0.2) is 4.79 Å². The van der Waals surface area contributed by atoms with Crippen LogP contribution in [-0.2, 0) is 4.79 Å². The van der Waals surface area contributed by atoms with Crippen molar-refractivity contribution in [3.05, 3.63) is 27.7 Å². The zero-order chi connectivity index (χ0) is 14.4. The summed E-state index contributed by atoms with van der Waals surface area (Å²) in [5.41, 5.74) is 0.189. The summed E-state index contributed by atoms with van der Waals surface area (Å²) in [6.45, 7) is 2.86. The summed E-state index contributed by atoms with van der Waals surface area (Å²) in [6.07, 6.45) is 0.919.